The van der Waals surface area contributed by atoms with E-state index in [-0.39, 0.29) is 24.6 Å². The standard InChI is InChI=1S/C18H20N4O4/c19-18(24)14-5-3-4-13(12-14)8-10-21-17(23)9-11-20-15-6-1-2-7-16(15)22(25)26/h1-7,12,20H,8-11H2,(H2,19,24)(H,21,23). The van der Waals surface area contributed by atoms with Crippen molar-refractivity contribution < 1.29 is 14.5 Å². The molecule has 2 amide bonds. The number of nitro groups is 1. The van der Waals surface area contributed by atoms with E-state index in [2.05, 4.69) is 10.6 Å². The molecule has 2 aromatic carbocycles. The van der Waals surface area contributed by atoms with Crippen molar-refractivity contribution in [3.8, 4) is 0 Å². The van der Waals surface area contributed by atoms with Crippen molar-refractivity contribution >= 4 is 23.2 Å². The second-order valence-corrected chi connectivity index (χ2v) is 5.62. The molecule has 136 valence electrons. The molecule has 0 aliphatic heterocycles. The van der Waals surface area contributed by atoms with Crippen LogP contribution in [0, 0.1) is 10.1 Å². The molecular formula is C18H20N4O4. The normalized spacial score (nSPS) is 10.2. The van der Waals surface area contributed by atoms with Crippen LogP contribution in [0.3, 0.4) is 0 Å². The largest absolute Gasteiger partial charge is 0.379 e. The summed E-state index contributed by atoms with van der Waals surface area (Å²) in [4.78, 5) is 33.4. The Bertz CT molecular complexity index is 807. The van der Waals surface area contributed by atoms with Gasteiger partial charge in [-0.05, 0) is 30.2 Å². The quantitative estimate of drug-likeness (QED) is 0.467. The summed E-state index contributed by atoms with van der Waals surface area (Å²) in [7, 11) is 0. The molecule has 0 radical (unpaired) electrons. The van der Waals surface area contributed by atoms with E-state index in [1.165, 1.54) is 6.07 Å². The third-order valence-electron chi connectivity index (χ3n) is 3.72. The number of anilines is 1. The van der Waals surface area contributed by atoms with Crippen molar-refractivity contribution in [3.63, 3.8) is 0 Å². The molecule has 2 rings (SSSR count). The molecule has 0 fully saturated rings. The zero-order valence-electron chi connectivity index (χ0n) is 14.1. The summed E-state index contributed by atoms with van der Waals surface area (Å²) in [5.74, 6) is -0.654. The molecular weight excluding hydrogens is 336 g/mol. The molecule has 2 aromatic rings. The summed E-state index contributed by atoms with van der Waals surface area (Å²) in [5.41, 5.74) is 6.93. The molecule has 0 spiro atoms. The number of nitrogens with one attached hydrogen (secondary N) is 2. The molecule has 0 aliphatic carbocycles. The van der Waals surface area contributed by atoms with Gasteiger partial charge in [0.2, 0.25) is 11.8 Å². The molecule has 0 aliphatic rings. The number of benzene rings is 2. The smallest absolute Gasteiger partial charge is 0.292 e. The molecule has 4 N–H and O–H groups in total. The lowest BCUT2D eigenvalue weighted by atomic mass is 10.1. The van der Waals surface area contributed by atoms with Gasteiger partial charge in [0.15, 0.2) is 0 Å². The lowest BCUT2D eigenvalue weighted by Gasteiger charge is -2.08. The van der Waals surface area contributed by atoms with E-state index < -0.39 is 10.8 Å². The summed E-state index contributed by atoms with van der Waals surface area (Å²) >= 11 is 0. The third kappa shape index (κ3) is 5.59. The molecule has 0 bridgehead atoms. The van der Waals surface area contributed by atoms with Crippen molar-refractivity contribution in [2.45, 2.75) is 12.8 Å². The SMILES string of the molecule is NC(=O)c1cccc(CCNC(=O)CCNc2ccccc2[N+](=O)[O-])c1. The highest BCUT2D eigenvalue weighted by atomic mass is 16.6. The van der Waals surface area contributed by atoms with Gasteiger partial charge in [0.1, 0.15) is 5.69 Å². The van der Waals surface area contributed by atoms with Gasteiger partial charge in [-0.1, -0.05) is 24.3 Å². The predicted molar refractivity (Wildman–Crippen MR) is 97.9 cm³/mol. The van der Waals surface area contributed by atoms with E-state index in [0.29, 0.717) is 24.2 Å². The van der Waals surface area contributed by atoms with Gasteiger partial charge in [-0.3, -0.25) is 19.7 Å². The van der Waals surface area contributed by atoms with Gasteiger partial charge < -0.3 is 16.4 Å². The van der Waals surface area contributed by atoms with Gasteiger partial charge in [0.25, 0.3) is 5.69 Å². The number of para-hydroxylation sites is 2. The number of nitrogens with two attached hydrogens (primary N) is 1. The van der Waals surface area contributed by atoms with Crippen LogP contribution in [0.5, 0.6) is 0 Å². The average Bonchev–Trinajstić information content (AvgIpc) is 2.62. The Morgan fingerprint density at radius 1 is 1.08 bits per heavy atom. The van der Waals surface area contributed by atoms with Gasteiger partial charge in [0, 0.05) is 31.1 Å². The lowest BCUT2D eigenvalue weighted by molar-refractivity contribution is -0.384. The number of amides is 2. The summed E-state index contributed by atoms with van der Waals surface area (Å²) < 4.78 is 0. The zero-order chi connectivity index (χ0) is 18.9. The molecule has 0 unspecified atom stereocenters. The number of carbonyl (C=O) groups excluding carboxylic acids is 2. The number of nitrogens with zero attached hydrogens (tertiary/aromatic N) is 1. The van der Waals surface area contributed by atoms with Crippen molar-refractivity contribution in [1.29, 1.82) is 0 Å². The monoisotopic (exact) mass is 356 g/mol. The second-order valence-electron chi connectivity index (χ2n) is 5.62. The van der Waals surface area contributed by atoms with Crippen LogP contribution in [0.4, 0.5) is 11.4 Å². The Hall–Kier alpha value is -3.42. The maximum absolute atomic E-state index is 11.9. The number of nitro benzene ring substituents is 1. The van der Waals surface area contributed by atoms with E-state index in [0.717, 1.165) is 5.56 Å². The van der Waals surface area contributed by atoms with E-state index in [9.17, 15) is 19.7 Å². The maximum Gasteiger partial charge on any atom is 0.292 e. The van der Waals surface area contributed by atoms with Crippen LogP contribution in [-0.2, 0) is 11.2 Å². The second kappa shape index (κ2) is 9.16. The summed E-state index contributed by atoms with van der Waals surface area (Å²) in [6, 6.07) is 13.2. The number of rotatable bonds is 9. The molecule has 0 atom stereocenters. The third-order valence-corrected chi connectivity index (χ3v) is 3.72. The van der Waals surface area contributed by atoms with Gasteiger partial charge in [-0.25, -0.2) is 0 Å². The predicted octanol–water partition coefficient (Wildman–Crippen LogP) is 1.85. The van der Waals surface area contributed by atoms with Crippen LogP contribution >= 0.6 is 0 Å². The highest BCUT2D eigenvalue weighted by molar-refractivity contribution is 5.92. The van der Waals surface area contributed by atoms with E-state index in [1.807, 2.05) is 6.07 Å². The van der Waals surface area contributed by atoms with Crippen molar-refractivity contribution in [2.24, 2.45) is 5.73 Å². The Balaban J connectivity index is 1.74. The molecule has 8 heteroatoms. The fourth-order valence-corrected chi connectivity index (χ4v) is 2.41. The van der Waals surface area contributed by atoms with Crippen LogP contribution in [0.15, 0.2) is 48.5 Å². The average molecular weight is 356 g/mol. The Morgan fingerprint density at radius 2 is 1.85 bits per heavy atom. The van der Waals surface area contributed by atoms with Crippen LogP contribution in [-0.4, -0.2) is 29.8 Å². The summed E-state index contributed by atoms with van der Waals surface area (Å²) in [6.07, 6.45) is 0.762. The molecule has 0 saturated carbocycles. The maximum atomic E-state index is 11.9. The van der Waals surface area contributed by atoms with Crippen LogP contribution in [0.2, 0.25) is 0 Å². The van der Waals surface area contributed by atoms with Gasteiger partial charge in [-0.15, -0.1) is 0 Å². The fourth-order valence-electron chi connectivity index (χ4n) is 2.41. The van der Waals surface area contributed by atoms with Crippen molar-refractivity contribution in [3.05, 3.63) is 69.8 Å². The minimum Gasteiger partial charge on any atom is -0.379 e. The first-order valence-electron chi connectivity index (χ1n) is 8.10. The van der Waals surface area contributed by atoms with Gasteiger partial charge in [0.05, 0.1) is 4.92 Å². The lowest BCUT2D eigenvalue weighted by Crippen LogP contribution is -2.27. The van der Waals surface area contributed by atoms with E-state index >= 15 is 0 Å². The highest BCUT2D eigenvalue weighted by Gasteiger charge is 2.12. The van der Waals surface area contributed by atoms with Gasteiger partial charge in [-0.2, -0.15) is 0 Å². The first-order chi connectivity index (χ1) is 12.5. The number of primary amides is 1. The first kappa shape index (κ1) is 18.9. The Morgan fingerprint density at radius 3 is 2.58 bits per heavy atom. The van der Waals surface area contributed by atoms with Gasteiger partial charge >= 0.3 is 0 Å². The number of hydrogen-bond donors (Lipinski definition) is 3. The molecule has 8 nitrogen and oxygen atoms in total. The summed E-state index contributed by atoms with van der Waals surface area (Å²) in [6.45, 7) is 0.709. The topological polar surface area (TPSA) is 127 Å². The van der Waals surface area contributed by atoms with Crippen molar-refractivity contribution in [1.82, 2.24) is 5.32 Å². The fraction of sp³-hybridized carbons (Fsp3) is 0.222. The van der Waals surface area contributed by atoms with Crippen LogP contribution in [0.25, 0.3) is 0 Å². The molecule has 26 heavy (non-hydrogen) atoms. The molecule has 0 aromatic heterocycles. The van der Waals surface area contributed by atoms with Crippen molar-refractivity contribution in [2.75, 3.05) is 18.4 Å². The first-order valence-corrected chi connectivity index (χ1v) is 8.10. The summed E-state index contributed by atoms with van der Waals surface area (Å²) in [5, 5.41) is 16.6. The van der Waals surface area contributed by atoms with Crippen LogP contribution in [0.1, 0.15) is 22.3 Å². The Labute approximate surface area is 150 Å². The van der Waals surface area contributed by atoms with Crippen LogP contribution < -0.4 is 16.4 Å². The minimum absolute atomic E-state index is 0.0257. The van der Waals surface area contributed by atoms with E-state index in [4.69, 9.17) is 5.73 Å². The van der Waals surface area contributed by atoms with E-state index in [1.54, 1.807) is 36.4 Å². The molecule has 0 saturated heterocycles. The highest BCUT2D eigenvalue weighted by Crippen LogP contribution is 2.22. The number of carbonyl (C=O) groups is 2. The zero-order valence-corrected chi connectivity index (χ0v) is 14.1. The number of hydrogen-bond acceptors (Lipinski definition) is 5. The molecule has 0 heterocycles. The Kier molecular flexibility index (Phi) is 6.67. The minimum atomic E-state index is -0.489.